The van der Waals surface area contributed by atoms with Crippen molar-refractivity contribution in [1.82, 2.24) is 4.57 Å². The molecule has 6 heteroatoms. The monoisotopic (exact) mass is 808 g/mol. The van der Waals surface area contributed by atoms with Gasteiger partial charge < -0.3 is 13.4 Å². The molecule has 3 heterocycles. The van der Waals surface area contributed by atoms with Gasteiger partial charge >= 0.3 is 0 Å². The van der Waals surface area contributed by atoms with Crippen molar-refractivity contribution in [3.63, 3.8) is 0 Å². The van der Waals surface area contributed by atoms with Crippen LogP contribution >= 0.6 is 0 Å². The predicted octanol–water partition coefficient (Wildman–Crippen LogP) is 14.8. The third-order valence-corrected chi connectivity index (χ3v) is 11.9. The Kier molecular flexibility index (Phi) is 8.54. The number of aromatic nitrogens is 1. The number of nitrogens with zero attached hydrogens (tertiary/aromatic N) is 3. The van der Waals surface area contributed by atoms with Gasteiger partial charge in [0.15, 0.2) is 11.7 Å². The molecule has 12 rings (SSSR count). The van der Waals surface area contributed by atoms with Gasteiger partial charge in [0, 0.05) is 50.0 Å². The minimum Gasteiger partial charge on any atom is -0.456 e. The topological polar surface area (TPSA) is 79.8 Å². The van der Waals surface area contributed by atoms with E-state index >= 15 is 0 Å². The van der Waals surface area contributed by atoms with Crippen LogP contribution in [0.15, 0.2) is 225 Å². The molecule has 9 aromatic carbocycles. The summed E-state index contributed by atoms with van der Waals surface area (Å²) in [6.07, 6.45) is 1.80. The first-order valence-corrected chi connectivity index (χ1v) is 21.0. The highest BCUT2D eigenvalue weighted by atomic mass is 16.3. The van der Waals surface area contributed by atoms with Crippen LogP contribution in [-0.4, -0.2) is 22.5 Å². The number of aliphatic imine (C=N–C) groups is 2. The van der Waals surface area contributed by atoms with Crippen molar-refractivity contribution in [2.24, 2.45) is 9.98 Å². The Morgan fingerprint density at radius 1 is 0.460 bits per heavy atom. The smallest absolute Gasteiger partial charge is 0.161 e. The van der Waals surface area contributed by atoms with Gasteiger partial charge in [0.2, 0.25) is 0 Å². The molecule has 0 aliphatic carbocycles. The van der Waals surface area contributed by atoms with Crippen LogP contribution in [0.2, 0.25) is 0 Å². The fourth-order valence-electron chi connectivity index (χ4n) is 9.08. The lowest BCUT2D eigenvalue weighted by atomic mass is 9.92. The quantitative estimate of drug-likeness (QED) is 0.134. The number of furan rings is 2. The lowest BCUT2D eigenvalue weighted by Crippen LogP contribution is -2.07. The van der Waals surface area contributed by atoms with Gasteiger partial charge in [0.1, 0.15) is 22.3 Å². The van der Waals surface area contributed by atoms with Crippen molar-refractivity contribution in [3.05, 3.63) is 223 Å². The number of fused-ring (bicyclic) bond motifs is 11. The molecule has 3 aromatic heterocycles. The molecule has 0 amide bonds. The predicted molar refractivity (Wildman–Crippen MR) is 260 cm³/mol. The maximum atomic E-state index is 9.67. The SMILES string of the molecule is N=C(N=C(N=Cc1ccccc1)c1ccccc1)c1cc(-c2ccccc2)c(-n2c3ccccc3c3c4oc5c(ccc6oc7ccccc7c65)c4ccc32)c(-c2ccccc2)c1. The molecule has 0 saturated carbocycles. The van der Waals surface area contributed by atoms with E-state index in [1.54, 1.807) is 6.21 Å². The van der Waals surface area contributed by atoms with Gasteiger partial charge in [-0.3, -0.25) is 5.41 Å². The minimum absolute atomic E-state index is 0.101. The van der Waals surface area contributed by atoms with Crippen molar-refractivity contribution >= 4 is 83.6 Å². The van der Waals surface area contributed by atoms with Crippen LogP contribution < -0.4 is 0 Å². The highest BCUT2D eigenvalue weighted by Crippen LogP contribution is 2.47. The van der Waals surface area contributed by atoms with Crippen molar-refractivity contribution in [2.75, 3.05) is 0 Å². The summed E-state index contributed by atoms with van der Waals surface area (Å²) < 4.78 is 15.7. The second-order valence-electron chi connectivity index (χ2n) is 15.7. The summed E-state index contributed by atoms with van der Waals surface area (Å²) >= 11 is 0. The summed E-state index contributed by atoms with van der Waals surface area (Å²) in [6, 6.07) is 70.2. The van der Waals surface area contributed by atoms with E-state index in [0.717, 1.165) is 105 Å². The first kappa shape index (κ1) is 36.3. The molecule has 1 N–H and O–H groups in total. The molecule has 0 spiro atoms. The average Bonchev–Trinajstić information content (AvgIpc) is 4.03. The fourth-order valence-corrected chi connectivity index (χ4v) is 9.08. The van der Waals surface area contributed by atoms with Crippen molar-refractivity contribution in [3.8, 4) is 27.9 Å². The van der Waals surface area contributed by atoms with Crippen LogP contribution in [0.25, 0.3) is 93.6 Å². The van der Waals surface area contributed by atoms with Gasteiger partial charge in [0.05, 0.1) is 27.5 Å². The van der Waals surface area contributed by atoms with Gasteiger partial charge in [-0.2, -0.15) is 0 Å². The number of rotatable bonds is 6. The van der Waals surface area contributed by atoms with Gasteiger partial charge in [-0.25, -0.2) is 9.98 Å². The van der Waals surface area contributed by atoms with Crippen LogP contribution in [0.3, 0.4) is 0 Å². The van der Waals surface area contributed by atoms with E-state index in [0.29, 0.717) is 11.4 Å². The maximum absolute atomic E-state index is 9.67. The summed E-state index contributed by atoms with van der Waals surface area (Å²) in [4.78, 5) is 9.81. The van der Waals surface area contributed by atoms with E-state index in [9.17, 15) is 5.41 Å². The Labute approximate surface area is 361 Å². The molecule has 0 bridgehead atoms. The molecule has 0 aliphatic rings. The Balaban J connectivity index is 1.14. The number of hydrogen-bond acceptors (Lipinski definition) is 3. The summed E-state index contributed by atoms with van der Waals surface area (Å²) in [5, 5.41) is 15.9. The minimum atomic E-state index is 0.101. The Hall–Kier alpha value is -8.61. The van der Waals surface area contributed by atoms with Gasteiger partial charge in [-0.15, -0.1) is 0 Å². The van der Waals surface area contributed by atoms with Crippen LogP contribution in [0.5, 0.6) is 0 Å². The van der Waals surface area contributed by atoms with E-state index in [4.69, 9.17) is 18.8 Å². The molecule has 0 aliphatic heterocycles. The van der Waals surface area contributed by atoms with Crippen LogP contribution in [0.4, 0.5) is 0 Å². The Bertz CT molecular complexity index is 3720. The van der Waals surface area contributed by atoms with Crippen molar-refractivity contribution in [2.45, 2.75) is 0 Å². The van der Waals surface area contributed by atoms with E-state index < -0.39 is 0 Å². The highest BCUT2D eigenvalue weighted by molar-refractivity contribution is 6.28. The second-order valence-corrected chi connectivity index (χ2v) is 15.7. The number of hydrogen-bond donors (Lipinski definition) is 1. The number of para-hydroxylation sites is 2. The standard InChI is InChI=1S/C57H36N4O2/c58-56(60-57(39-23-11-4-12-24-39)59-35-36-17-5-1-6-18-36)40-33-45(37-19-7-2-8-20-37)53(46(34-40)38-21-9-3-10-22-38)61-47-27-15-13-25-43(47)51-48(61)31-29-41-42-30-32-50-52(55(42)63-54(41)51)44-26-14-16-28-49(44)62-50/h1-35,58H. The summed E-state index contributed by atoms with van der Waals surface area (Å²) in [5.41, 5.74) is 12.7. The number of amidine groups is 2. The molecule has 0 fully saturated rings. The van der Waals surface area contributed by atoms with E-state index in [1.165, 1.54) is 0 Å². The summed E-state index contributed by atoms with van der Waals surface area (Å²) in [5.74, 6) is 0.554. The molecule has 0 unspecified atom stereocenters. The zero-order chi connectivity index (χ0) is 41.9. The lowest BCUT2D eigenvalue weighted by Gasteiger charge is -2.21. The maximum Gasteiger partial charge on any atom is 0.161 e. The van der Waals surface area contributed by atoms with Crippen LogP contribution in [0, 0.1) is 5.41 Å². The third-order valence-electron chi connectivity index (χ3n) is 11.9. The molecule has 63 heavy (non-hydrogen) atoms. The van der Waals surface area contributed by atoms with Gasteiger partial charge in [-0.05, 0) is 65.2 Å². The van der Waals surface area contributed by atoms with E-state index in [-0.39, 0.29) is 5.84 Å². The Morgan fingerprint density at radius 2 is 1.03 bits per heavy atom. The number of nitrogens with one attached hydrogen (secondary N) is 1. The van der Waals surface area contributed by atoms with E-state index in [2.05, 4.69) is 120 Å². The zero-order valence-corrected chi connectivity index (χ0v) is 33.9. The van der Waals surface area contributed by atoms with Crippen molar-refractivity contribution in [1.29, 1.82) is 5.41 Å². The largest absolute Gasteiger partial charge is 0.456 e. The molecule has 0 saturated heterocycles. The van der Waals surface area contributed by atoms with Gasteiger partial charge in [-0.1, -0.05) is 158 Å². The molecule has 296 valence electrons. The molecular formula is C57H36N4O2. The first-order valence-electron chi connectivity index (χ1n) is 21.0. The first-order chi connectivity index (χ1) is 31.2. The fraction of sp³-hybridized carbons (Fsp3) is 0. The normalized spacial score (nSPS) is 12.2. The second kappa shape index (κ2) is 14.8. The molecular weight excluding hydrogens is 773 g/mol. The molecule has 0 atom stereocenters. The van der Waals surface area contributed by atoms with Crippen LogP contribution in [-0.2, 0) is 0 Å². The molecule has 12 aromatic rings. The molecule has 6 nitrogen and oxygen atoms in total. The third kappa shape index (κ3) is 6.07. The summed E-state index contributed by atoms with van der Waals surface area (Å²) in [6.45, 7) is 0. The zero-order valence-electron chi connectivity index (χ0n) is 33.9. The average molecular weight is 809 g/mol. The van der Waals surface area contributed by atoms with E-state index in [1.807, 2.05) is 91.0 Å². The lowest BCUT2D eigenvalue weighted by molar-refractivity contribution is 0.664. The summed E-state index contributed by atoms with van der Waals surface area (Å²) in [7, 11) is 0. The number of benzene rings is 9. The van der Waals surface area contributed by atoms with Crippen LogP contribution in [0.1, 0.15) is 16.7 Å². The van der Waals surface area contributed by atoms with Crippen molar-refractivity contribution < 1.29 is 8.83 Å². The molecule has 0 radical (unpaired) electrons. The van der Waals surface area contributed by atoms with Gasteiger partial charge in [0.25, 0.3) is 0 Å². The Morgan fingerprint density at radius 3 is 1.73 bits per heavy atom. The highest BCUT2D eigenvalue weighted by Gasteiger charge is 2.25.